The molecule has 0 aliphatic carbocycles. The lowest BCUT2D eigenvalue weighted by atomic mass is 9.98. The Morgan fingerprint density at radius 3 is 2.27 bits per heavy atom. The topological polar surface area (TPSA) is 55.5 Å². The standard InChI is InChI=1S/C14H10BrClF3NO2/c15-9-5-6-10(16)13(21)11(9)12(20)7-1-3-8(4-2-7)22-14(17,18)19/h1-6,12,21H,20H2/t12-/m0/s1. The van der Waals surface area contributed by atoms with Gasteiger partial charge in [-0.15, -0.1) is 13.2 Å². The molecule has 118 valence electrons. The van der Waals surface area contributed by atoms with Gasteiger partial charge >= 0.3 is 6.36 Å². The second-order valence-corrected chi connectivity index (χ2v) is 5.65. The molecule has 3 N–H and O–H groups in total. The van der Waals surface area contributed by atoms with Crippen molar-refractivity contribution in [2.45, 2.75) is 12.4 Å². The van der Waals surface area contributed by atoms with Crippen LogP contribution in [0.1, 0.15) is 17.2 Å². The molecule has 0 bridgehead atoms. The van der Waals surface area contributed by atoms with E-state index in [0.717, 1.165) is 12.1 Å². The zero-order chi connectivity index (χ0) is 16.5. The molecule has 0 unspecified atom stereocenters. The van der Waals surface area contributed by atoms with Crippen LogP contribution in [0.4, 0.5) is 13.2 Å². The van der Waals surface area contributed by atoms with Crippen LogP contribution in [-0.2, 0) is 0 Å². The van der Waals surface area contributed by atoms with Crippen molar-refractivity contribution in [3.63, 3.8) is 0 Å². The van der Waals surface area contributed by atoms with Crippen LogP contribution in [0.25, 0.3) is 0 Å². The van der Waals surface area contributed by atoms with Gasteiger partial charge in [0.15, 0.2) is 0 Å². The van der Waals surface area contributed by atoms with E-state index in [4.69, 9.17) is 17.3 Å². The molecule has 0 saturated heterocycles. The molecule has 0 fully saturated rings. The maximum atomic E-state index is 12.1. The minimum atomic E-state index is -4.75. The van der Waals surface area contributed by atoms with Gasteiger partial charge in [0.05, 0.1) is 11.1 Å². The van der Waals surface area contributed by atoms with Crippen LogP contribution in [-0.4, -0.2) is 11.5 Å². The van der Waals surface area contributed by atoms with Gasteiger partial charge in [-0.1, -0.05) is 39.7 Å². The fourth-order valence-corrected chi connectivity index (χ4v) is 2.63. The van der Waals surface area contributed by atoms with Gasteiger partial charge in [0, 0.05) is 10.0 Å². The van der Waals surface area contributed by atoms with Crippen LogP contribution in [0, 0.1) is 0 Å². The lowest BCUT2D eigenvalue weighted by Crippen LogP contribution is -2.17. The second kappa shape index (κ2) is 6.36. The number of alkyl halides is 3. The third-order valence-electron chi connectivity index (χ3n) is 2.90. The first-order chi connectivity index (χ1) is 10.2. The number of nitrogens with two attached hydrogens (primary N) is 1. The largest absolute Gasteiger partial charge is 0.573 e. The van der Waals surface area contributed by atoms with E-state index >= 15 is 0 Å². The molecule has 3 nitrogen and oxygen atoms in total. The Morgan fingerprint density at radius 2 is 1.73 bits per heavy atom. The van der Waals surface area contributed by atoms with Crippen molar-refractivity contribution in [2.24, 2.45) is 5.73 Å². The van der Waals surface area contributed by atoms with Crippen molar-refractivity contribution in [3.05, 3.63) is 57.0 Å². The zero-order valence-electron chi connectivity index (χ0n) is 10.9. The molecule has 8 heteroatoms. The minimum Gasteiger partial charge on any atom is -0.506 e. The summed E-state index contributed by atoms with van der Waals surface area (Å²) in [6, 6.07) is 7.43. The quantitative estimate of drug-likeness (QED) is 0.787. The molecule has 2 aromatic carbocycles. The van der Waals surface area contributed by atoms with Crippen molar-refractivity contribution >= 4 is 27.5 Å². The molecule has 2 aromatic rings. The lowest BCUT2D eigenvalue weighted by molar-refractivity contribution is -0.274. The Labute approximate surface area is 137 Å². The monoisotopic (exact) mass is 395 g/mol. The second-order valence-electron chi connectivity index (χ2n) is 4.39. The number of aromatic hydroxyl groups is 1. The number of ether oxygens (including phenoxy) is 1. The lowest BCUT2D eigenvalue weighted by Gasteiger charge is -2.17. The van der Waals surface area contributed by atoms with Crippen molar-refractivity contribution in [1.29, 1.82) is 0 Å². The zero-order valence-corrected chi connectivity index (χ0v) is 13.2. The van der Waals surface area contributed by atoms with Crippen molar-refractivity contribution in [1.82, 2.24) is 0 Å². The van der Waals surface area contributed by atoms with Gasteiger partial charge in [-0.3, -0.25) is 0 Å². The molecule has 0 amide bonds. The van der Waals surface area contributed by atoms with Gasteiger partial charge in [0.25, 0.3) is 0 Å². The summed E-state index contributed by atoms with van der Waals surface area (Å²) in [7, 11) is 0. The van der Waals surface area contributed by atoms with Gasteiger partial charge in [0.1, 0.15) is 11.5 Å². The maximum absolute atomic E-state index is 12.1. The summed E-state index contributed by atoms with van der Waals surface area (Å²) in [6.07, 6.45) is -4.75. The van der Waals surface area contributed by atoms with Gasteiger partial charge in [0.2, 0.25) is 0 Å². The maximum Gasteiger partial charge on any atom is 0.573 e. The summed E-state index contributed by atoms with van der Waals surface area (Å²) in [5.41, 5.74) is 6.89. The average molecular weight is 397 g/mol. The normalized spacial score (nSPS) is 13.0. The number of hydrogen-bond acceptors (Lipinski definition) is 3. The predicted octanol–water partition coefficient (Wildman–Crippen LogP) is 4.75. The summed E-state index contributed by atoms with van der Waals surface area (Å²) in [5.74, 6) is -0.531. The van der Waals surface area contributed by atoms with Crippen molar-refractivity contribution in [2.75, 3.05) is 0 Å². The first-order valence-electron chi connectivity index (χ1n) is 5.97. The summed E-state index contributed by atoms with van der Waals surface area (Å²) in [5, 5.41) is 10.1. The van der Waals surface area contributed by atoms with E-state index in [1.807, 2.05) is 0 Å². The van der Waals surface area contributed by atoms with Crippen LogP contribution in [0.2, 0.25) is 5.02 Å². The van der Waals surface area contributed by atoms with Gasteiger partial charge < -0.3 is 15.6 Å². The van der Waals surface area contributed by atoms with Crippen LogP contribution in [0.3, 0.4) is 0 Å². The SMILES string of the molecule is N[C@@H](c1ccc(OC(F)(F)F)cc1)c1c(Br)ccc(Cl)c1O. The highest BCUT2D eigenvalue weighted by atomic mass is 79.9. The molecule has 0 aliphatic rings. The van der Waals surface area contributed by atoms with Crippen LogP contribution >= 0.6 is 27.5 Å². The third-order valence-corrected chi connectivity index (χ3v) is 3.89. The van der Waals surface area contributed by atoms with Crippen molar-refractivity contribution < 1.29 is 23.0 Å². The summed E-state index contributed by atoms with van der Waals surface area (Å²) in [4.78, 5) is 0. The molecular formula is C14H10BrClF3NO2. The molecule has 0 aromatic heterocycles. The van der Waals surface area contributed by atoms with Gasteiger partial charge in [-0.05, 0) is 29.8 Å². The summed E-state index contributed by atoms with van der Waals surface area (Å²) >= 11 is 9.11. The molecule has 0 heterocycles. The first-order valence-corrected chi connectivity index (χ1v) is 7.14. The van der Waals surface area contributed by atoms with Crippen molar-refractivity contribution in [3.8, 4) is 11.5 Å². The minimum absolute atomic E-state index is 0.130. The van der Waals surface area contributed by atoms with E-state index in [1.165, 1.54) is 18.2 Å². The average Bonchev–Trinajstić information content (AvgIpc) is 2.42. The predicted molar refractivity (Wildman–Crippen MR) is 80.0 cm³/mol. The van der Waals surface area contributed by atoms with Crippen LogP contribution < -0.4 is 10.5 Å². The smallest absolute Gasteiger partial charge is 0.506 e. The fourth-order valence-electron chi connectivity index (χ4n) is 1.90. The number of rotatable bonds is 3. The van der Waals surface area contributed by atoms with Gasteiger partial charge in [-0.25, -0.2) is 0 Å². The van der Waals surface area contributed by atoms with E-state index in [2.05, 4.69) is 20.7 Å². The van der Waals surface area contributed by atoms with Crippen LogP contribution in [0.5, 0.6) is 11.5 Å². The Kier molecular flexibility index (Phi) is 4.89. The third kappa shape index (κ3) is 3.85. The molecular weight excluding hydrogens is 387 g/mol. The molecule has 2 rings (SSSR count). The number of halogens is 5. The van der Waals surface area contributed by atoms with E-state index in [1.54, 1.807) is 6.07 Å². The van der Waals surface area contributed by atoms with E-state index in [0.29, 0.717) is 15.6 Å². The van der Waals surface area contributed by atoms with E-state index < -0.39 is 12.4 Å². The van der Waals surface area contributed by atoms with Crippen LogP contribution in [0.15, 0.2) is 40.9 Å². The Morgan fingerprint density at radius 1 is 1.14 bits per heavy atom. The Hall–Kier alpha value is -1.44. The molecule has 0 aliphatic heterocycles. The number of phenolic OH excluding ortho intramolecular Hbond substituents is 1. The highest BCUT2D eigenvalue weighted by molar-refractivity contribution is 9.10. The molecule has 0 saturated carbocycles. The Balaban J connectivity index is 2.31. The molecule has 1 atom stereocenters. The molecule has 0 spiro atoms. The molecule has 0 radical (unpaired) electrons. The van der Waals surface area contributed by atoms with E-state index in [-0.39, 0.29) is 16.5 Å². The highest BCUT2D eigenvalue weighted by Crippen LogP contribution is 2.39. The van der Waals surface area contributed by atoms with E-state index in [9.17, 15) is 18.3 Å². The first kappa shape index (κ1) is 16.9. The highest BCUT2D eigenvalue weighted by Gasteiger charge is 2.31. The number of hydrogen-bond donors (Lipinski definition) is 2. The Bertz CT molecular complexity index is 677. The van der Waals surface area contributed by atoms with Gasteiger partial charge in [-0.2, -0.15) is 0 Å². The summed E-state index contributed by atoms with van der Waals surface area (Å²) < 4.78 is 40.7. The summed E-state index contributed by atoms with van der Waals surface area (Å²) in [6.45, 7) is 0. The molecule has 22 heavy (non-hydrogen) atoms. The number of benzene rings is 2. The number of phenols is 1. The fraction of sp³-hybridized carbons (Fsp3) is 0.143.